The summed E-state index contributed by atoms with van der Waals surface area (Å²) in [7, 11) is 0. The molecule has 0 aliphatic heterocycles. The summed E-state index contributed by atoms with van der Waals surface area (Å²) in [5.41, 5.74) is -1.24. The summed E-state index contributed by atoms with van der Waals surface area (Å²) < 4.78 is 40.1. The van der Waals surface area contributed by atoms with Crippen LogP contribution in [-0.4, -0.2) is 38.9 Å². The lowest BCUT2D eigenvalue weighted by molar-refractivity contribution is -0.136. The van der Waals surface area contributed by atoms with E-state index in [2.05, 4.69) is 32.6 Å². The van der Waals surface area contributed by atoms with Crippen LogP contribution in [0.25, 0.3) is 5.65 Å². The lowest BCUT2D eigenvalue weighted by Gasteiger charge is -2.10. The molecule has 0 saturated carbocycles. The van der Waals surface area contributed by atoms with Gasteiger partial charge in [-0.1, -0.05) is 19.8 Å². The minimum atomic E-state index is -4.55. The van der Waals surface area contributed by atoms with Crippen LogP contribution in [0.3, 0.4) is 0 Å². The number of anilines is 2. The van der Waals surface area contributed by atoms with Crippen LogP contribution in [0.5, 0.6) is 0 Å². The van der Waals surface area contributed by atoms with Crippen molar-refractivity contribution in [2.45, 2.75) is 32.4 Å². The molecule has 3 N–H and O–H groups in total. The van der Waals surface area contributed by atoms with Gasteiger partial charge < -0.3 is 16.0 Å². The topological polar surface area (TPSA) is 91.0 Å². The average Bonchev–Trinajstić information content (AvgIpc) is 2.93. The molecule has 0 aliphatic rings. The Kier molecular flexibility index (Phi) is 5.35. The number of nitrogens with one attached hydrogen (secondary N) is 3. The van der Waals surface area contributed by atoms with Crippen molar-refractivity contribution in [3.63, 3.8) is 0 Å². The molecule has 0 atom stereocenters. The second-order valence-electron chi connectivity index (χ2n) is 4.88. The predicted molar refractivity (Wildman–Crippen MR) is 81.1 cm³/mol. The third kappa shape index (κ3) is 4.08. The summed E-state index contributed by atoms with van der Waals surface area (Å²) >= 11 is 0. The van der Waals surface area contributed by atoms with E-state index in [0.29, 0.717) is 6.54 Å². The molecule has 0 aromatic carbocycles. The zero-order chi connectivity index (χ0) is 16.9. The number of nitrogens with zero attached hydrogens (tertiary/aromatic N) is 4. The molecular formula is C13H18F3N7. The number of rotatable bonds is 8. The molecule has 0 aliphatic carbocycles. The normalized spacial score (nSPS) is 11.7. The van der Waals surface area contributed by atoms with Gasteiger partial charge in [-0.3, -0.25) is 0 Å². The Balaban J connectivity index is 2.37. The number of alkyl halides is 3. The first kappa shape index (κ1) is 17.0. The SMILES string of the molecule is CCCCCNc1nc(NCC=N)n2ncc(C(F)(F)F)c2n1. The van der Waals surface area contributed by atoms with Crippen LogP contribution in [0.2, 0.25) is 0 Å². The van der Waals surface area contributed by atoms with Crippen LogP contribution in [0.15, 0.2) is 6.20 Å². The second kappa shape index (κ2) is 7.25. The predicted octanol–water partition coefficient (Wildman–Crippen LogP) is 2.81. The fraction of sp³-hybridized carbons (Fsp3) is 0.538. The van der Waals surface area contributed by atoms with Gasteiger partial charge in [0.15, 0.2) is 5.65 Å². The van der Waals surface area contributed by atoms with Gasteiger partial charge in [-0.25, -0.2) is 0 Å². The van der Waals surface area contributed by atoms with E-state index in [1.807, 2.05) is 0 Å². The first-order chi connectivity index (χ1) is 11.0. The molecule has 7 nitrogen and oxygen atoms in total. The van der Waals surface area contributed by atoms with E-state index in [1.54, 1.807) is 0 Å². The van der Waals surface area contributed by atoms with E-state index >= 15 is 0 Å². The fourth-order valence-corrected chi connectivity index (χ4v) is 1.99. The summed E-state index contributed by atoms with van der Waals surface area (Å²) in [5.74, 6) is 0.207. The number of halogens is 3. The third-order valence-corrected chi connectivity index (χ3v) is 3.10. The van der Waals surface area contributed by atoms with Crippen molar-refractivity contribution >= 4 is 23.8 Å². The molecular weight excluding hydrogens is 311 g/mol. The molecule has 2 rings (SSSR count). The van der Waals surface area contributed by atoms with Crippen molar-refractivity contribution < 1.29 is 13.2 Å². The largest absolute Gasteiger partial charge is 0.421 e. The molecule has 2 heterocycles. The molecule has 10 heteroatoms. The zero-order valence-corrected chi connectivity index (χ0v) is 12.6. The number of hydrogen-bond acceptors (Lipinski definition) is 6. The highest BCUT2D eigenvalue weighted by Crippen LogP contribution is 2.32. The Morgan fingerprint density at radius 1 is 1.26 bits per heavy atom. The number of unbranched alkanes of at least 4 members (excludes halogenated alkanes) is 2. The van der Waals surface area contributed by atoms with E-state index in [9.17, 15) is 13.2 Å². The highest BCUT2D eigenvalue weighted by molar-refractivity contribution is 5.61. The quantitative estimate of drug-likeness (QED) is 0.512. The highest BCUT2D eigenvalue weighted by atomic mass is 19.4. The van der Waals surface area contributed by atoms with Crippen LogP contribution < -0.4 is 10.6 Å². The van der Waals surface area contributed by atoms with Gasteiger partial charge in [-0.15, -0.1) is 0 Å². The maximum Gasteiger partial charge on any atom is 0.421 e. The van der Waals surface area contributed by atoms with Gasteiger partial charge >= 0.3 is 6.18 Å². The lowest BCUT2D eigenvalue weighted by Crippen LogP contribution is -2.15. The van der Waals surface area contributed by atoms with Crippen LogP contribution >= 0.6 is 0 Å². The van der Waals surface area contributed by atoms with E-state index < -0.39 is 11.7 Å². The fourth-order valence-electron chi connectivity index (χ4n) is 1.99. The molecule has 126 valence electrons. The Labute approximate surface area is 130 Å². The van der Waals surface area contributed by atoms with Crippen molar-refractivity contribution in [2.75, 3.05) is 23.7 Å². The maximum atomic E-state index is 13.0. The van der Waals surface area contributed by atoms with Gasteiger partial charge in [0.1, 0.15) is 5.56 Å². The van der Waals surface area contributed by atoms with Crippen LogP contribution in [0.4, 0.5) is 25.1 Å². The molecule has 0 bridgehead atoms. The summed E-state index contributed by atoms with van der Waals surface area (Å²) in [6.07, 6.45) is 0.175. The van der Waals surface area contributed by atoms with Crippen molar-refractivity contribution in [3.05, 3.63) is 11.8 Å². The average molecular weight is 329 g/mol. The summed E-state index contributed by atoms with van der Waals surface area (Å²) in [5, 5.41) is 16.4. The second-order valence-corrected chi connectivity index (χ2v) is 4.88. The Morgan fingerprint density at radius 2 is 2.04 bits per heavy atom. The van der Waals surface area contributed by atoms with Crippen molar-refractivity contribution in [2.24, 2.45) is 0 Å². The molecule has 0 saturated heterocycles. The Bertz CT molecular complexity index is 665. The molecule has 0 amide bonds. The van der Waals surface area contributed by atoms with Crippen molar-refractivity contribution in [1.82, 2.24) is 19.6 Å². The van der Waals surface area contributed by atoms with Crippen LogP contribution in [-0.2, 0) is 6.18 Å². The highest BCUT2D eigenvalue weighted by Gasteiger charge is 2.36. The molecule has 0 radical (unpaired) electrons. The minimum Gasteiger partial charge on any atom is -0.354 e. The van der Waals surface area contributed by atoms with E-state index in [-0.39, 0.29) is 24.1 Å². The maximum absolute atomic E-state index is 13.0. The third-order valence-electron chi connectivity index (χ3n) is 3.10. The molecule has 2 aromatic heterocycles. The summed E-state index contributed by atoms with van der Waals surface area (Å²) in [4.78, 5) is 8.06. The van der Waals surface area contributed by atoms with E-state index in [4.69, 9.17) is 5.41 Å². The van der Waals surface area contributed by atoms with Gasteiger partial charge in [0.05, 0.1) is 12.7 Å². The number of hydrogen-bond donors (Lipinski definition) is 3. The van der Waals surface area contributed by atoms with Gasteiger partial charge in [0.2, 0.25) is 11.9 Å². The molecule has 23 heavy (non-hydrogen) atoms. The van der Waals surface area contributed by atoms with Crippen LogP contribution in [0, 0.1) is 5.41 Å². The first-order valence-corrected chi connectivity index (χ1v) is 7.27. The van der Waals surface area contributed by atoms with Gasteiger partial charge in [0.25, 0.3) is 0 Å². The van der Waals surface area contributed by atoms with Crippen molar-refractivity contribution in [3.8, 4) is 0 Å². The lowest BCUT2D eigenvalue weighted by atomic mass is 10.2. The van der Waals surface area contributed by atoms with E-state index in [0.717, 1.165) is 36.2 Å². The van der Waals surface area contributed by atoms with Gasteiger partial charge in [-0.05, 0) is 6.42 Å². The zero-order valence-electron chi connectivity index (χ0n) is 12.6. The van der Waals surface area contributed by atoms with E-state index in [1.165, 1.54) is 0 Å². The smallest absolute Gasteiger partial charge is 0.354 e. The number of aromatic nitrogens is 4. The van der Waals surface area contributed by atoms with Gasteiger partial charge in [-0.2, -0.15) is 32.8 Å². The van der Waals surface area contributed by atoms with Crippen molar-refractivity contribution in [1.29, 1.82) is 5.41 Å². The number of fused-ring (bicyclic) bond motifs is 1. The minimum absolute atomic E-state index is 0.104. The molecule has 0 unspecified atom stereocenters. The molecule has 2 aromatic rings. The van der Waals surface area contributed by atoms with Gasteiger partial charge in [0, 0.05) is 12.8 Å². The van der Waals surface area contributed by atoms with Crippen LogP contribution in [0.1, 0.15) is 31.7 Å². The molecule has 0 fully saturated rings. The molecule has 0 spiro atoms. The summed E-state index contributed by atoms with van der Waals surface area (Å²) in [6.45, 7) is 2.76. The standard InChI is InChI=1S/C13H18F3N7/c1-2-3-4-6-18-11-21-10-9(13(14,15)16)8-20-23(10)12(22-11)19-7-5-17/h5,8,17H,2-4,6-7H2,1H3,(H2,18,19,21,22). The summed E-state index contributed by atoms with van der Waals surface area (Å²) in [6, 6.07) is 0. The Morgan fingerprint density at radius 3 is 2.70 bits per heavy atom. The monoisotopic (exact) mass is 329 g/mol. The Hall–Kier alpha value is -2.39. The first-order valence-electron chi connectivity index (χ1n) is 7.27.